The number of fused-ring (bicyclic) bond motifs is 3. The van der Waals surface area contributed by atoms with E-state index in [-0.39, 0.29) is 23.1 Å². The Morgan fingerprint density at radius 1 is 1.22 bits per heavy atom. The standard InChI is InChI=1S/C30H32FN3O3/c1-30(2,3)16-34-28(35)19-7-5-6-18(14-19)22-15-23-24(29(36)32-4)26(17-8-10-20(31)11-9-17)37-27(23)21-12-13-33-25(21)22/h5,7-15,18,29,32-33,36H,6,16H2,1-4H3,(H,34,35). The van der Waals surface area contributed by atoms with Gasteiger partial charge in [0.15, 0.2) is 0 Å². The summed E-state index contributed by atoms with van der Waals surface area (Å²) < 4.78 is 20.0. The number of halogens is 1. The summed E-state index contributed by atoms with van der Waals surface area (Å²) in [6.07, 6.45) is 7.52. The van der Waals surface area contributed by atoms with Gasteiger partial charge >= 0.3 is 0 Å². The van der Waals surface area contributed by atoms with Crippen LogP contribution in [0.2, 0.25) is 0 Å². The summed E-state index contributed by atoms with van der Waals surface area (Å²) in [5, 5.41) is 18.5. The molecule has 0 saturated carbocycles. The Labute approximate surface area is 215 Å². The van der Waals surface area contributed by atoms with Crippen molar-refractivity contribution in [3.8, 4) is 11.3 Å². The summed E-state index contributed by atoms with van der Waals surface area (Å²) in [5.41, 5.74) is 4.45. The second kappa shape index (κ2) is 9.65. The van der Waals surface area contributed by atoms with Gasteiger partial charge in [-0.1, -0.05) is 39.0 Å². The summed E-state index contributed by atoms with van der Waals surface area (Å²) in [5.74, 6) is 0.00534. The molecule has 2 atom stereocenters. The van der Waals surface area contributed by atoms with Gasteiger partial charge in [-0.05, 0) is 60.8 Å². The van der Waals surface area contributed by atoms with Gasteiger partial charge in [0.05, 0.1) is 5.52 Å². The van der Waals surface area contributed by atoms with Gasteiger partial charge in [-0.3, -0.25) is 10.1 Å². The first-order valence-corrected chi connectivity index (χ1v) is 12.5. The van der Waals surface area contributed by atoms with E-state index < -0.39 is 6.23 Å². The van der Waals surface area contributed by atoms with Crippen LogP contribution in [-0.4, -0.2) is 29.6 Å². The van der Waals surface area contributed by atoms with Gasteiger partial charge in [0.2, 0.25) is 0 Å². The SMILES string of the molecule is CNC(O)c1c(-c2ccc(F)cc2)oc2c1cc(C1C=C(C(=O)NCC(C)(C)C)C=CC1)c1[nH]ccc12. The Hall–Kier alpha value is -3.68. The maximum absolute atomic E-state index is 13.6. The van der Waals surface area contributed by atoms with Gasteiger partial charge in [-0.2, -0.15) is 0 Å². The number of hydrogen-bond donors (Lipinski definition) is 4. The molecule has 0 aliphatic heterocycles. The van der Waals surface area contributed by atoms with Crippen molar-refractivity contribution in [2.45, 2.75) is 39.3 Å². The zero-order valence-corrected chi connectivity index (χ0v) is 21.5. The van der Waals surface area contributed by atoms with Gasteiger partial charge in [0.25, 0.3) is 5.91 Å². The van der Waals surface area contributed by atoms with Gasteiger partial charge in [-0.15, -0.1) is 0 Å². The predicted molar refractivity (Wildman–Crippen MR) is 145 cm³/mol. The van der Waals surface area contributed by atoms with Crippen LogP contribution in [0.25, 0.3) is 33.2 Å². The molecule has 4 N–H and O–H groups in total. The number of aliphatic hydroxyl groups excluding tert-OH is 1. The molecule has 0 spiro atoms. The number of allylic oxidation sites excluding steroid dienone is 2. The number of aliphatic hydroxyl groups is 1. The summed E-state index contributed by atoms with van der Waals surface area (Å²) in [6.45, 7) is 6.84. The first-order valence-electron chi connectivity index (χ1n) is 12.5. The topological polar surface area (TPSA) is 90.3 Å². The van der Waals surface area contributed by atoms with Crippen molar-refractivity contribution < 1.29 is 18.7 Å². The van der Waals surface area contributed by atoms with E-state index >= 15 is 0 Å². The fourth-order valence-electron chi connectivity index (χ4n) is 4.85. The molecule has 0 saturated heterocycles. The van der Waals surface area contributed by atoms with E-state index in [0.29, 0.717) is 34.6 Å². The molecule has 4 aromatic rings. The molecule has 2 heterocycles. The van der Waals surface area contributed by atoms with Crippen LogP contribution in [0.15, 0.2) is 70.8 Å². The zero-order valence-electron chi connectivity index (χ0n) is 21.5. The summed E-state index contributed by atoms with van der Waals surface area (Å²) in [4.78, 5) is 16.2. The highest BCUT2D eigenvalue weighted by Crippen LogP contribution is 2.43. The number of furan rings is 1. The van der Waals surface area contributed by atoms with Crippen LogP contribution in [0.3, 0.4) is 0 Å². The fourth-order valence-corrected chi connectivity index (χ4v) is 4.85. The molecule has 7 heteroatoms. The molecule has 2 unspecified atom stereocenters. The molecular formula is C30H32FN3O3. The Bertz CT molecular complexity index is 1520. The smallest absolute Gasteiger partial charge is 0.250 e. The molecule has 0 radical (unpaired) electrons. The van der Waals surface area contributed by atoms with Crippen LogP contribution in [0.5, 0.6) is 0 Å². The molecule has 1 aliphatic rings. The Balaban J connectivity index is 1.64. The van der Waals surface area contributed by atoms with E-state index in [9.17, 15) is 14.3 Å². The van der Waals surface area contributed by atoms with Gasteiger partial charge < -0.3 is 19.8 Å². The van der Waals surface area contributed by atoms with E-state index in [0.717, 1.165) is 28.3 Å². The molecule has 37 heavy (non-hydrogen) atoms. The summed E-state index contributed by atoms with van der Waals surface area (Å²) in [7, 11) is 1.67. The van der Waals surface area contributed by atoms with E-state index in [1.165, 1.54) is 12.1 Å². The van der Waals surface area contributed by atoms with Crippen LogP contribution in [0, 0.1) is 11.2 Å². The molecule has 1 amide bonds. The molecule has 2 aromatic heterocycles. The number of nitrogens with one attached hydrogen (secondary N) is 3. The van der Waals surface area contributed by atoms with Crippen LogP contribution < -0.4 is 10.6 Å². The number of H-pyrrole nitrogens is 1. The number of benzene rings is 2. The van der Waals surface area contributed by atoms with Gasteiger partial charge in [0.1, 0.15) is 23.4 Å². The second-order valence-corrected chi connectivity index (χ2v) is 10.8. The molecule has 1 aliphatic carbocycles. The van der Waals surface area contributed by atoms with Crippen LogP contribution in [0.1, 0.15) is 50.5 Å². The average molecular weight is 502 g/mol. The summed E-state index contributed by atoms with van der Waals surface area (Å²) >= 11 is 0. The molecule has 192 valence electrons. The highest BCUT2D eigenvalue weighted by molar-refractivity contribution is 6.08. The van der Waals surface area contributed by atoms with Crippen molar-refractivity contribution in [1.29, 1.82) is 0 Å². The van der Waals surface area contributed by atoms with Crippen molar-refractivity contribution >= 4 is 27.8 Å². The monoisotopic (exact) mass is 501 g/mol. The van der Waals surface area contributed by atoms with Crippen molar-refractivity contribution in [3.05, 3.63) is 83.3 Å². The first-order chi connectivity index (χ1) is 17.7. The molecule has 5 rings (SSSR count). The minimum atomic E-state index is -0.994. The maximum Gasteiger partial charge on any atom is 0.250 e. The Morgan fingerprint density at radius 2 is 1.97 bits per heavy atom. The second-order valence-electron chi connectivity index (χ2n) is 10.8. The molecule has 2 aromatic carbocycles. The van der Waals surface area contributed by atoms with Gasteiger partial charge in [-0.25, -0.2) is 4.39 Å². The predicted octanol–water partition coefficient (Wildman–Crippen LogP) is 6.06. The molecule has 0 fully saturated rings. The third-order valence-corrected chi connectivity index (χ3v) is 6.73. The number of amides is 1. The number of carbonyl (C=O) groups excluding carboxylic acids is 1. The van der Waals surface area contributed by atoms with Gasteiger partial charge in [0, 0.05) is 46.1 Å². The van der Waals surface area contributed by atoms with Crippen molar-refractivity contribution in [2.75, 3.05) is 13.6 Å². The Morgan fingerprint density at radius 3 is 2.68 bits per heavy atom. The van der Waals surface area contributed by atoms with Crippen molar-refractivity contribution in [2.24, 2.45) is 5.41 Å². The van der Waals surface area contributed by atoms with E-state index in [4.69, 9.17) is 4.42 Å². The van der Waals surface area contributed by atoms with E-state index in [1.54, 1.807) is 19.2 Å². The molecular weight excluding hydrogens is 469 g/mol. The lowest BCUT2D eigenvalue weighted by Crippen LogP contribution is -2.33. The summed E-state index contributed by atoms with van der Waals surface area (Å²) in [6, 6.07) is 10.0. The zero-order chi connectivity index (χ0) is 26.3. The van der Waals surface area contributed by atoms with Crippen LogP contribution >= 0.6 is 0 Å². The number of aromatic amines is 1. The normalized spacial score (nSPS) is 16.8. The minimum absolute atomic E-state index is 0.0104. The number of rotatable bonds is 6. The van der Waals surface area contributed by atoms with Crippen LogP contribution in [-0.2, 0) is 4.79 Å². The highest BCUT2D eigenvalue weighted by atomic mass is 19.1. The number of hydrogen-bond acceptors (Lipinski definition) is 4. The third-order valence-electron chi connectivity index (χ3n) is 6.73. The van der Waals surface area contributed by atoms with E-state index in [1.807, 2.05) is 36.6 Å². The van der Waals surface area contributed by atoms with E-state index in [2.05, 4.69) is 36.4 Å². The number of aromatic nitrogens is 1. The lowest BCUT2D eigenvalue weighted by atomic mass is 9.87. The lowest BCUT2D eigenvalue weighted by Gasteiger charge is -2.21. The molecule has 6 nitrogen and oxygen atoms in total. The highest BCUT2D eigenvalue weighted by Gasteiger charge is 2.27. The van der Waals surface area contributed by atoms with Crippen molar-refractivity contribution in [3.63, 3.8) is 0 Å². The minimum Gasteiger partial charge on any atom is -0.455 e. The van der Waals surface area contributed by atoms with Crippen molar-refractivity contribution in [1.82, 2.24) is 15.6 Å². The number of carbonyl (C=O) groups is 1. The first kappa shape index (κ1) is 25.0. The average Bonchev–Trinajstić information content (AvgIpc) is 3.51. The molecule has 0 bridgehead atoms. The van der Waals surface area contributed by atoms with Crippen LogP contribution in [0.4, 0.5) is 4.39 Å². The largest absolute Gasteiger partial charge is 0.455 e. The lowest BCUT2D eigenvalue weighted by molar-refractivity contribution is -0.117. The quantitative estimate of drug-likeness (QED) is 0.242. The maximum atomic E-state index is 13.6. The third kappa shape index (κ3) is 4.84. The Kier molecular flexibility index (Phi) is 6.52. The fraction of sp³-hybridized carbons (Fsp3) is 0.300.